The molecule has 0 unspecified atom stereocenters. The second-order valence-electron chi connectivity index (χ2n) is 6.71. The van der Waals surface area contributed by atoms with Crippen molar-refractivity contribution in [1.29, 1.82) is 0 Å². The van der Waals surface area contributed by atoms with Crippen molar-refractivity contribution in [3.63, 3.8) is 0 Å². The van der Waals surface area contributed by atoms with E-state index in [0.717, 1.165) is 25.7 Å². The zero-order valence-corrected chi connectivity index (χ0v) is 13.9. The summed E-state index contributed by atoms with van der Waals surface area (Å²) in [6.07, 6.45) is 4.26. The molecule has 1 aromatic heterocycles. The molecule has 1 aliphatic heterocycles. The number of morpholine rings is 1. The highest BCUT2D eigenvalue weighted by molar-refractivity contribution is 5.81. The summed E-state index contributed by atoms with van der Waals surface area (Å²) in [6.45, 7) is 1.02. The zero-order chi connectivity index (χ0) is 17.4. The van der Waals surface area contributed by atoms with Gasteiger partial charge in [0, 0.05) is 6.54 Å². The molecule has 1 saturated heterocycles. The van der Waals surface area contributed by atoms with E-state index in [2.05, 4.69) is 4.98 Å². The molecule has 4 rings (SSSR count). The lowest BCUT2D eigenvalue weighted by Crippen LogP contribution is -2.56. The molecule has 7 heteroatoms. The number of benzene rings is 1. The molecule has 2 aromatic rings. The lowest BCUT2D eigenvalue weighted by atomic mass is 9.90. The fraction of sp³-hybridized carbons (Fsp3) is 0.500. The van der Waals surface area contributed by atoms with Crippen LogP contribution in [0.5, 0.6) is 0 Å². The number of amides is 1. The molecular formula is C18H21N3O4. The largest absolute Gasteiger partial charge is 0.374 e. The van der Waals surface area contributed by atoms with Crippen LogP contribution in [0.15, 0.2) is 33.9 Å². The van der Waals surface area contributed by atoms with Gasteiger partial charge in [0.1, 0.15) is 6.54 Å². The molecule has 1 aliphatic carbocycles. The second-order valence-corrected chi connectivity index (χ2v) is 6.71. The van der Waals surface area contributed by atoms with Crippen molar-refractivity contribution in [3.8, 4) is 0 Å². The van der Waals surface area contributed by atoms with Crippen LogP contribution < -0.4 is 11.2 Å². The third-order valence-corrected chi connectivity index (χ3v) is 5.25. The quantitative estimate of drug-likeness (QED) is 0.876. The van der Waals surface area contributed by atoms with Crippen LogP contribution in [-0.2, 0) is 16.1 Å². The number of ether oxygens (including phenoxy) is 1. The van der Waals surface area contributed by atoms with Gasteiger partial charge in [-0.2, -0.15) is 0 Å². The maximum absolute atomic E-state index is 12.9. The Morgan fingerprint density at radius 2 is 2.00 bits per heavy atom. The standard InChI is InChI=1S/C18H21N3O4/c22-16(20-9-10-25-15-8-4-3-7-14(15)20)11-21-13-6-2-1-5-12(13)17(23)19-18(21)24/h1-2,5-6,14-15H,3-4,7-11H2,(H,19,23,24)/t14-,15+/m1/s1. The van der Waals surface area contributed by atoms with Gasteiger partial charge in [-0.15, -0.1) is 0 Å². The average molecular weight is 343 g/mol. The van der Waals surface area contributed by atoms with E-state index in [-0.39, 0.29) is 24.6 Å². The summed E-state index contributed by atoms with van der Waals surface area (Å²) in [5.41, 5.74) is -0.494. The molecule has 2 fully saturated rings. The van der Waals surface area contributed by atoms with Gasteiger partial charge < -0.3 is 9.64 Å². The fourth-order valence-electron chi connectivity index (χ4n) is 4.03. The van der Waals surface area contributed by atoms with Crippen LogP contribution in [0.2, 0.25) is 0 Å². The first-order valence-electron chi connectivity index (χ1n) is 8.78. The third kappa shape index (κ3) is 2.89. The molecule has 132 valence electrons. The number of carbonyl (C=O) groups excluding carboxylic acids is 1. The number of hydrogen-bond acceptors (Lipinski definition) is 4. The van der Waals surface area contributed by atoms with Gasteiger partial charge in [0.15, 0.2) is 0 Å². The van der Waals surface area contributed by atoms with E-state index >= 15 is 0 Å². The van der Waals surface area contributed by atoms with Crippen LogP contribution in [0.4, 0.5) is 0 Å². The Labute approximate surface area is 144 Å². The van der Waals surface area contributed by atoms with E-state index in [1.807, 2.05) is 4.90 Å². The molecule has 1 aromatic carbocycles. The van der Waals surface area contributed by atoms with Gasteiger partial charge in [0.25, 0.3) is 5.56 Å². The predicted octanol–water partition coefficient (Wildman–Crippen LogP) is 0.860. The molecule has 1 saturated carbocycles. The summed E-state index contributed by atoms with van der Waals surface area (Å²) in [5.74, 6) is -0.0977. The van der Waals surface area contributed by atoms with Crippen molar-refractivity contribution >= 4 is 16.8 Å². The first-order valence-corrected chi connectivity index (χ1v) is 8.78. The fourth-order valence-corrected chi connectivity index (χ4v) is 4.03. The van der Waals surface area contributed by atoms with Crippen LogP contribution >= 0.6 is 0 Å². The van der Waals surface area contributed by atoms with E-state index < -0.39 is 11.2 Å². The summed E-state index contributed by atoms with van der Waals surface area (Å²) < 4.78 is 7.17. The summed E-state index contributed by atoms with van der Waals surface area (Å²) >= 11 is 0. The highest BCUT2D eigenvalue weighted by Gasteiger charge is 2.36. The van der Waals surface area contributed by atoms with Crippen LogP contribution in [0.1, 0.15) is 25.7 Å². The monoisotopic (exact) mass is 343 g/mol. The van der Waals surface area contributed by atoms with Gasteiger partial charge >= 0.3 is 5.69 Å². The Balaban J connectivity index is 1.66. The number of hydrogen-bond donors (Lipinski definition) is 1. The van der Waals surface area contributed by atoms with Crippen LogP contribution in [-0.4, -0.2) is 45.7 Å². The van der Waals surface area contributed by atoms with Gasteiger partial charge in [-0.05, 0) is 25.0 Å². The number of fused-ring (bicyclic) bond motifs is 2. The number of nitrogens with zero attached hydrogens (tertiary/aromatic N) is 2. The minimum Gasteiger partial charge on any atom is -0.374 e. The molecular weight excluding hydrogens is 322 g/mol. The molecule has 1 amide bonds. The second kappa shape index (κ2) is 6.48. The Kier molecular flexibility index (Phi) is 4.17. The lowest BCUT2D eigenvalue weighted by molar-refractivity contribution is -0.150. The molecule has 0 radical (unpaired) electrons. The van der Waals surface area contributed by atoms with Crippen LogP contribution in [0.25, 0.3) is 10.9 Å². The van der Waals surface area contributed by atoms with Crippen molar-refractivity contribution in [2.24, 2.45) is 0 Å². The molecule has 1 N–H and O–H groups in total. The van der Waals surface area contributed by atoms with Gasteiger partial charge in [-0.3, -0.25) is 19.1 Å². The van der Waals surface area contributed by atoms with E-state index in [0.29, 0.717) is 24.1 Å². The van der Waals surface area contributed by atoms with Gasteiger partial charge in [0.05, 0.1) is 29.7 Å². The minimum absolute atomic E-state index is 0.0701. The lowest BCUT2D eigenvalue weighted by Gasteiger charge is -2.43. The van der Waals surface area contributed by atoms with E-state index in [1.165, 1.54) is 4.57 Å². The third-order valence-electron chi connectivity index (χ3n) is 5.25. The molecule has 0 bridgehead atoms. The van der Waals surface area contributed by atoms with Crippen molar-refractivity contribution in [1.82, 2.24) is 14.5 Å². The van der Waals surface area contributed by atoms with Crippen LogP contribution in [0, 0.1) is 0 Å². The van der Waals surface area contributed by atoms with Crippen molar-refractivity contribution in [2.45, 2.75) is 44.4 Å². The topological polar surface area (TPSA) is 84.4 Å². The average Bonchev–Trinajstić information content (AvgIpc) is 2.64. The summed E-state index contributed by atoms with van der Waals surface area (Å²) in [4.78, 5) is 41.3. The highest BCUT2D eigenvalue weighted by Crippen LogP contribution is 2.28. The summed E-state index contributed by atoms with van der Waals surface area (Å²) in [6, 6.07) is 6.94. The number of carbonyl (C=O) groups is 1. The van der Waals surface area contributed by atoms with Crippen molar-refractivity contribution < 1.29 is 9.53 Å². The molecule has 25 heavy (non-hydrogen) atoms. The molecule has 7 nitrogen and oxygen atoms in total. The molecule has 0 spiro atoms. The Morgan fingerprint density at radius 1 is 1.20 bits per heavy atom. The Morgan fingerprint density at radius 3 is 2.88 bits per heavy atom. The van der Waals surface area contributed by atoms with E-state index in [9.17, 15) is 14.4 Å². The minimum atomic E-state index is -0.550. The normalized spacial score (nSPS) is 23.4. The Bertz CT molecular complexity index is 914. The van der Waals surface area contributed by atoms with Gasteiger partial charge in [-0.1, -0.05) is 25.0 Å². The van der Waals surface area contributed by atoms with Crippen molar-refractivity contribution in [2.75, 3.05) is 13.2 Å². The van der Waals surface area contributed by atoms with Crippen LogP contribution in [0.3, 0.4) is 0 Å². The Hall–Kier alpha value is -2.41. The number of rotatable bonds is 2. The number of para-hydroxylation sites is 1. The molecule has 2 aliphatic rings. The number of aromatic nitrogens is 2. The summed E-state index contributed by atoms with van der Waals surface area (Å²) in [7, 11) is 0. The SMILES string of the molecule is O=C(Cn1c(=O)[nH]c(=O)c2ccccc21)N1CCO[C@H]2CCCC[C@H]21. The maximum Gasteiger partial charge on any atom is 0.329 e. The smallest absolute Gasteiger partial charge is 0.329 e. The highest BCUT2D eigenvalue weighted by atomic mass is 16.5. The van der Waals surface area contributed by atoms with Gasteiger partial charge in [-0.25, -0.2) is 4.79 Å². The summed E-state index contributed by atoms with van der Waals surface area (Å²) in [5, 5.41) is 0.410. The van der Waals surface area contributed by atoms with E-state index in [1.54, 1.807) is 24.3 Å². The number of H-pyrrole nitrogens is 1. The first kappa shape index (κ1) is 16.1. The first-order chi connectivity index (χ1) is 12.1. The maximum atomic E-state index is 12.9. The van der Waals surface area contributed by atoms with Crippen molar-refractivity contribution in [3.05, 3.63) is 45.1 Å². The molecule has 2 atom stereocenters. The number of aromatic amines is 1. The predicted molar refractivity (Wildman–Crippen MR) is 92.5 cm³/mol. The number of nitrogens with one attached hydrogen (secondary N) is 1. The van der Waals surface area contributed by atoms with Gasteiger partial charge in [0.2, 0.25) is 5.91 Å². The van der Waals surface area contributed by atoms with E-state index in [4.69, 9.17) is 4.74 Å². The molecule has 2 heterocycles. The zero-order valence-electron chi connectivity index (χ0n) is 13.9.